The first kappa shape index (κ1) is 12.5. The normalized spacial score (nSPS) is 11.1. The van der Waals surface area contributed by atoms with Crippen LogP contribution in [0.1, 0.15) is 23.7 Å². The van der Waals surface area contributed by atoms with Gasteiger partial charge in [0.1, 0.15) is 12.4 Å². The number of Topliss-reactive ketones (excluding diaryl/α,β-unsaturated/α-hetero) is 1. The van der Waals surface area contributed by atoms with Gasteiger partial charge in [0, 0.05) is 6.42 Å². The van der Waals surface area contributed by atoms with Crippen LogP contribution in [-0.4, -0.2) is 28.4 Å². The lowest BCUT2D eigenvalue weighted by Crippen LogP contribution is -2.07. The molecule has 6 heteroatoms. The minimum Gasteiger partial charge on any atom is -0.486 e. The molecule has 0 saturated carbocycles. The van der Waals surface area contributed by atoms with Gasteiger partial charge in [-0.1, -0.05) is 6.92 Å². The molecule has 96 valence electrons. The highest BCUT2D eigenvalue weighted by atomic mass is 19.3. The molecule has 0 aromatic carbocycles. The number of halogens is 2. The monoisotopic (exact) mass is 254 g/mol. The van der Waals surface area contributed by atoms with Crippen molar-refractivity contribution >= 4 is 11.3 Å². The maximum atomic E-state index is 12.0. The second-order valence-electron chi connectivity index (χ2n) is 3.73. The maximum Gasteiger partial charge on any atom is 0.272 e. The molecule has 0 spiro atoms. The smallest absolute Gasteiger partial charge is 0.272 e. The summed E-state index contributed by atoms with van der Waals surface area (Å²) in [5.74, 6) is 0.285. The van der Waals surface area contributed by atoms with Crippen molar-refractivity contribution in [3.05, 3.63) is 30.1 Å². The van der Waals surface area contributed by atoms with Gasteiger partial charge in [-0.25, -0.2) is 13.3 Å². The zero-order valence-electron chi connectivity index (χ0n) is 9.77. The van der Waals surface area contributed by atoms with Crippen molar-refractivity contribution in [2.75, 3.05) is 6.61 Å². The van der Waals surface area contributed by atoms with Gasteiger partial charge >= 0.3 is 0 Å². The number of hydrogen-bond donors (Lipinski definition) is 0. The van der Waals surface area contributed by atoms with Crippen molar-refractivity contribution in [3.63, 3.8) is 0 Å². The molecule has 0 aliphatic carbocycles. The summed E-state index contributed by atoms with van der Waals surface area (Å²) in [4.78, 5) is 11.6. The molecule has 0 amide bonds. The molecule has 0 unspecified atom stereocenters. The van der Waals surface area contributed by atoms with Gasteiger partial charge in [0.2, 0.25) is 0 Å². The fraction of sp³-hybridized carbons (Fsp3) is 0.333. The Morgan fingerprint density at radius 1 is 1.50 bits per heavy atom. The summed E-state index contributed by atoms with van der Waals surface area (Å²) in [6, 6.07) is 3.18. The number of rotatable bonds is 5. The van der Waals surface area contributed by atoms with E-state index in [1.54, 1.807) is 19.1 Å². The standard InChI is InChI=1S/C12H12F2N2O2/c1-2-11(17)9-5-15-16-6-8(3-4-10(9)16)18-7-12(13)14/h3-6,12H,2,7H2,1H3. The number of carbonyl (C=O) groups excluding carboxylic acids is 1. The summed E-state index contributed by atoms with van der Waals surface area (Å²) < 4.78 is 30.3. The number of carbonyl (C=O) groups is 1. The topological polar surface area (TPSA) is 43.6 Å². The van der Waals surface area contributed by atoms with Gasteiger partial charge in [-0.15, -0.1) is 0 Å². The molecule has 4 nitrogen and oxygen atoms in total. The summed E-state index contributed by atoms with van der Waals surface area (Å²) in [6.07, 6.45) is 0.822. The SMILES string of the molecule is CCC(=O)c1cnn2cc(OCC(F)F)ccc12. The minimum atomic E-state index is -2.52. The molecule has 0 fully saturated rings. The number of pyridine rings is 1. The van der Waals surface area contributed by atoms with Crippen LogP contribution in [-0.2, 0) is 0 Å². The Kier molecular flexibility index (Phi) is 3.55. The lowest BCUT2D eigenvalue weighted by molar-refractivity contribution is 0.0816. The molecule has 18 heavy (non-hydrogen) atoms. The zero-order chi connectivity index (χ0) is 13.1. The van der Waals surface area contributed by atoms with Gasteiger partial charge in [-0.3, -0.25) is 4.79 Å². The van der Waals surface area contributed by atoms with Crippen LogP contribution in [0.5, 0.6) is 5.75 Å². The average molecular weight is 254 g/mol. The first-order chi connectivity index (χ1) is 8.61. The largest absolute Gasteiger partial charge is 0.486 e. The molecule has 2 rings (SSSR count). The molecule has 2 aromatic heterocycles. The zero-order valence-corrected chi connectivity index (χ0v) is 9.77. The molecule has 0 aliphatic rings. The van der Waals surface area contributed by atoms with Crippen molar-refractivity contribution in [1.82, 2.24) is 9.61 Å². The summed E-state index contributed by atoms with van der Waals surface area (Å²) in [5, 5.41) is 4.00. The minimum absolute atomic E-state index is 0.00810. The summed E-state index contributed by atoms with van der Waals surface area (Å²) in [6.45, 7) is 1.11. The predicted octanol–water partition coefficient (Wildman–Crippen LogP) is 2.57. The Morgan fingerprint density at radius 3 is 2.94 bits per heavy atom. The molecular weight excluding hydrogens is 242 g/mol. The first-order valence-corrected chi connectivity index (χ1v) is 5.53. The van der Waals surface area contributed by atoms with Crippen molar-refractivity contribution in [3.8, 4) is 5.75 Å². The molecule has 0 radical (unpaired) electrons. The lowest BCUT2D eigenvalue weighted by Gasteiger charge is -2.05. The maximum absolute atomic E-state index is 12.0. The highest BCUT2D eigenvalue weighted by Crippen LogP contribution is 2.18. The summed E-state index contributed by atoms with van der Waals surface area (Å²) in [7, 11) is 0. The molecule has 2 aromatic rings. The molecule has 0 atom stereocenters. The van der Waals surface area contributed by atoms with E-state index in [0.717, 1.165) is 0 Å². The highest BCUT2D eigenvalue weighted by Gasteiger charge is 2.11. The van der Waals surface area contributed by atoms with Crippen molar-refractivity contribution in [2.45, 2.75) is 19.8 Å². The molecule has 0 bridgehead atoms. The third kappa shape index (κ3) is 2.47. The Bertz CT molecular complexity index is 566. The average Bonchev–Trinajstić information content (AvgIpc) is 2.78. The van der Waals surface area contributed by atoms with Crippen LogP contribution in [0.25, 0.3) is 5.52 Å². The van der Waals surface area contributed by atoms with E-state index in [1.807, 2.05) is 0 Å². The molecule has 0 saturated heterocycles. The van der Waals surface area contributed by atoms with E-state index >= 15 is 0 Å². The number of alkyl halides is 2. The number of ether oxygens (including phenoxy) is 1. The second kappa shape index (κ2) is 5.12. The van der Waals surface area contributed by atoms with Gasteiger partial charge < -0.3 is 4.74 Å². The van der Waals surface area contributed by atoms with Crippen molar-refractivity contribution < 1.29 is 18.3 Å². The van der Waals surface area contributed by atoms with Gasteiger partial charge in [0.15, 0.2) is 5.78 Å². The van der Waals surface area contributed by atoms with Crippen molar-refractivity contribution in [2.24, 2.45) is 0 Å². The lowest BCUT2D eigenvalue weighted by atomic mass is 10.1. The van der Waals surface area contributed by atoms with Crippen LogP contribution in [0.3, 0.4) is 0 Å². The van der Waals surface area contributed by atoms with E-state index in [9.17, 15) is 13.6 Å². The molecule has 0 aliphatic heterocycles. The van der Waals surface area contributed by atoms with Gasteiger partial charge in [0.05, 0.1) is 23.5 Å². The number of fused-ring (bicyclic) bond motifs is 1. The first-order valence-electron chi connectivity index (χ1n) is 5.53. The fourth-order valence-electron chi connectivity index (χ4n) is 1.62. The molecule has 0 N–H and O–H groups in total. The molecule has 2 heterocycles. The van der Waals surface area contributed by atoms with E-state index in [2.05, 4.69) is 5.10 Å². The highest BCUT2D eigenvalue weighted by molar-refractivity contribution is 6.01. The second-order valence-corrected chi connectivity index (χ2v) is 3.73. The predicted molar refractivity (Wildman–Crippen MR) is 61.3 cm³/mol. The Hall–Kier alpha value is -1.98. The van der Waals surface area contributed by atoms with E-state index in [1.165, 1.54) is 16.9 Å². The van der Waals surface area contributed by atoms with Crippen LogP contribution >= 0.6 is 0 Å². The number of hydrogen-bond acceptors (Lipinski definition) is 3. The van der Waals surface area contributed by atoms with E-state index in [4.69, 9.17) is 4.74 Å². The van der Waals surface area contributed by atoms with E-state index in [-0.39, 0.29) is 5.78 Å². The Labute approximate surface area is 102 Å². The number of aromatic nitrogens is 2. The van der Waals surface area contributed by atoms with Crippen LogP contribution in [0.4, 0.5) is 8.78 Å². The van der Waals surface area contributed by atoms with Gasteiger partial charge in [0.25, 0.3) is 6.43 Å². The third-order valence-electron chi connectivity index (χ3n) is 2.49. The van der Waals surface area contributed by atoms with E-state index < -0.39 is 13.0 Å². The van der Waals surface area contributed by atoms with Crippen LogP contribution in [0.2, 0.25) is 0 Å². The number of ketones is 1. The van der Waals surface area contributed by atoms with Gasteiger partial charge in [-0.05, 0) is 12.1 Å². The number of nitrogens with zero attached hydrogens (tertiary/aromatic N) is 2. The van der Waals surface area contributed by atoms with E-state index in [0.29, 0.717) is 23.3 Å². The van der Waals surface area contributed by atoms with Crippen LogP contribution < -0.4 is 4.74 Å². The van der Waals surface area contributed by atoms with Crippen LogP contribution in [0.15, 0.2) is 24.5 Å². The van der Waals surface area contributed by atoms with Crippen LogP contribution in [0, 0.1) is 0 Å². The Balaban J connectivity index is 2.28. The Morgan fingerprint density at radius 2 is 2.28 bits per heavy atom. The fourth-order valence-corrected chi connectivity index (χ4v) is 1.62. The van der Waals surface area contributed by atoms with Crippen molar-refractivity contribution in [1.29, 1.82) is 0 Å². The van der Waals surface area contributed by atoms with Gasteiger partial charge in [-0.2, -0.15) is 5.10 Å². The third-order valence-corrected chi connectivity index (χ3v) is 2.49. The summed E-state index contributed by atoms with van der Waals surface area (Å²) in [5.41, 5.74) is 1.17. The quantitative estimate of drug-likeness (QED) is 0.770. The summed E-state index contributed by atoms with van der Waals surface area (Å²) >= 11 is 0. The molecular formula is C12H12F2N2O2.